The van der Waals surface area contributed by atoms with Gasteiger partial charge in [0.05, 0.1) is 13.2 Å². The van der Waals surface area contributed by atoms with Crippen LogP contribution in [0.3, 0.4) is 0 Å². The summed E-state index contributed by atoms with van der Waals surface area (Å²) in [5.74, 6) is -0.611. The summed E-state index contributed by atoms with van der Waals surface area (Å²) >= 11 is 0. The van der Waals surface area contributed by atoms with Crippen molar-refractivity contribution in [2.75, 3.05) is 19.4 Å². The van der Waals surface area contributed by atoms with Crippen molar-refractivity contribution in [3.05, 3.63) is 24.3 Å². The van der Waals surface area contributed by atoms with Crippen LogP contribution < -0.4 is 0 Å². The number of carbonyl (C=O) groups excluding carboxylic acids is 2. The predicted molar refractivity (Wildman–Crippen MR) is 82.7 cm³/mol. The van der Waals surface area contributed by atoms with Gasteiger partial charge in [0.2, 0.25) is 0 Å². The van der Waals surface area contributed by atoms with Gasteiger partial charge in [-0.2, -0.15) is 0 Å². The first-order valence-corrected chi connectivity index (χ1v) is 9.09. The summed E-state index contributed by atoms with van der Waals surface area (Å²) in [6, 6.07) is 0. The number of esters is 1. The molecule has 124 valence electrons. The Morgan fingerprint density at radius 1 is 1.41 bits per heavy atom. The molecule has 0 aromatic carbocycles. The SMILES string of the molecule is C=CCC1=CC(OC(=O)CP(=O)(OCC)OCC)CCC1=O. The fourth-order valence-electron chi connectivity index (χ4n) is 2.15. The third-order valence-corrected chi connectivity index (χ3v) is 4.97. The molecule has 0 amide bonds. The zero-order valence-electron chi connectivity index (χ0n) is 13.1. The van der Waals surface area contributed by atoms with Crippen LogP contribution >= 0.6 is 7.60 Å². The number of ketones is 1. The van der Waals surface area contributed by atoms with Gasteiger partial charge < -0.3 is 13.8 Å². The molecule has 1 unspecified atom stereocenters. The molecule has 0 aromatic rings. The van der Waals surface area contributed by atoms with Gasteiger partial charge in [-0.25, -0.2) is 0 Å². The van der Waals surface area contributed by atoms with Crippen molar-refractivity contribution in [3.63, 3.8) is 0 Å². The predicted octanol–water partition coefficient (Wildman–Crippen LogP) is 3.03. The Labute approximate surface area is 131 Å². The van der Waals surface area contributed by atoms with Crippen LogP contribution in [0.5, 0.6) is 0 Å². The minimum atomic E-state index is -3.46. The molecule has 0 fully saturated rings. The molecule has 0 bridgehead atoms. The smallest absolute Gasteiger partial charge is 0.341 e. The van der Waals surface area contributed by atoms with E-state index < -0.39 is 25.8 Å². The van der Waals surface area contributed by atoms with Gasteiger partial charge in [0.25, 0.3) is 0 Å². The third-order valence-electron chi connectivity index (χ3n) is 3.02. The second-order valence-corrected chi connectivity index (χ2v) is 6.83. The molecule has 0 saturated carbocycles. The molecule has 1 atom stereocenters. The number of hydrogen-bond acceptors (Lipinski definition) is 6. The molecule has 1 aliphatic rings. The number of rotatable bonds is 9. The number of allylic oxidation sites excluding steroid dienone is 2. The summed E-state index contributed by atoms with van der Waals surface area (Å²) in [7, 11) is -3.46. The molecule has 7 heteroatoms. The second kappa shape index (κ2) is 9.03. The van der Waals surface area contributed by atoms with Crippen LogP contribution in [0.25, 0.3) is 0 Å². The Balaban J connectivity index is 2.66. The molecule has 0 N–H and O–H groups in total. The molecular formula is C15H23O6P. The molecule has 0 spiro atoms. The topological polar surface area (TPSA) is 78.9 Å². The summed E-state index contributed by atoms with van der Waals surface area (Å²) in [5, 5.41) is 0. The van der Waals surface area contributed by atoms with Crippen LogP contribution in [-0.4, -0.2) is 37.2 Å². The van der Waals surface area contributed by atoms with Crippen LogP contribution in [0.2, 0.25) is 0 Å². The third kappa shape index (κ3) is 5.87. The lowest BCUT2D eigenvalue weighted by Crippen LogP contribution is -2.25. The summed E-state index contributed by atoms with van der Waals surface area (Å²) in [5.41, 5.74) is 0.594. The van der Waals surface area contributed by atoms with E-state index in [0.717, 1.165) is 0 Å². The number of ether oxygens (including phenoxy) is 1. The van der Waals surface area contributed by atoms with E-state index in [1.807, 2.05) is 0 Å². The number of hydrogen-bond donors (Lipinski definition) is 0. The molecule has 1 aliphatic carbocycles. The van der Waals surface area contributed by atoms with Gasteiger partial charge in [-0.05, 0) is 38.3 Å². The van der Waals surface area contributed by atoms with Crippen molar-refractivity contribution in [2.24, 2.45) is 0 Å². The lowest BCUT2D eigenvalue weighted by Gasteiger charge is -2.21. The maximum Gasteiger partial charge on any atom is 0.341 e. The highest BCUT2D eigenvalue weighted by atomic mass is 31.2. The van der Waals surface area contributed by atoms with Gasteiger partial charge in [0.15, 0.2) is 5.78 Å². The van der Waals surface area contributed by atoms with Crippen molar-refractivity contribution >= 4 is 19.3 Å². The van der Waals surface area contributed by atoms with Crippen LogP contribution in [0.1, 0.15) is 33.1 Å². The molecule has 0 radical (unpaired) electrons. The Hall–Kier alpha value is -1.23. The normalized spacial score (nSPS) is 18.7. The quantitative estimate of drug-likeness (QED) is 0.367. The van der Waals surface area contributed by atoms with Gasteiger partial charge >= 0.3 is 13.6 Å². The molecule has 1 rings (SSSR count). The highest BCUT2D eigenvalue weighted by Crippen LogP contribution is 2.47. The molecule has 0 saturated heterocycles. The van der Waals surface area contributed by atoms with Gasteiger partial charge in [0.1, 0.15) is 12.3 Å². The first kappa shape index (κ1) is 18.8. The Kier molecular flexibility index (Phi) is 7.73. The first-order chi connectivity index (χ1) is 10.4. The van der Waals surface area contributed by atoms with Crippen molar-refractivity contribution in [1.82, 2.24) is 0 Å². The molecule has 6 nitrogen and oxygen atoms in total. The fraction of sp³-hybridized carbons (Fsp3) is 0.600. The Morgan fingerprint density at radius 3 is 2.59 bits per heavy atom. The van der Waals surface area contributed by atoms with Crippen LogP contribution in [-0.2, 0) is 27.9 Å². The second-order valence-electron chi connectivity index (χ2n) is 4.78. The van der Waals surface area contributed by atoms with Crippen molar-refractivity contribution in [3.8, 4) is 0 Å². The van der Waals surface area contributed by atoms with E-state index in [2.05, 4.69) is 6.58 Å². The van der Waals surface area contributed by atoms with Crippen LogP contribution in [0, 0.1) is 0 Å². The summed E-state index contributed by atoms with van der Waals surface area (Å²) in [4.78, 5) is 23.6. The molecule has 0 heterocycles. The maximum atomic E-state index is 12.3. The summed E-state index contributed by atoms with van der Waals surface area (Å²) in [6.45, 7) is 7.32. The minimum Gasteiger partial charge on any atom is -0.458 e. The monoisotopic (exact) mass is 330 g/mol. The lowest BCUT2D eigenvalue weighted by atomic mass is 9.94. The summed E-state index contributed by atoms with van der Waals surface area (Å²) < 4.78 is 27.6. The van der Waals surface area contributed by atoms with Crippen molar-refractivity contribution in [2.45, 2.75) is 39.2 Å². The molecule has 22 heavy (non-hydrogen) atoms. The van der Waals surface area contributed by atoms with Gasteiger partial charge in [-0.15, -0.1) is 6.58 Å². The van der Waals surface area contributed by atoms with E-state index in [0.29, 0.717) is 24.8 Å². The van der Waals surface area contributed by atoms with Crippen LogP contribution in [0.4, 0.5) is 0 Å². The molecule has 0 aliphatic heterocycles. The highest BCUT2D eigenvalue weighted by molar-refractivity contribution is 7.54. The Morgan fingerprint density at radius 2 is 2.05 bits per heavy atom. The van der Waals surface area contributed by atoms with Gasteiger partial charge in [0, 0.05) is 6.42 Å². The van der Waals surface area contributed by atoms with Gasteiger partial charge in [-0.1, -0.05) is 6.08 Å². The average Bonchev–Trinajstić information content (AvgIpc) is 2.43. The van der Waals surface area contributed by atoms with Crippen LogP contribution in [0.15, 0.2) is 24.3 Å². The van der Waals surface area contributed by atoms with E-state index in [9.17, 15) is 14.2 Å². The molecule has 0 aromatic heterocycles. The zero-order chi connectivity index (χ0) is 16.6. The first-order valence-electron chi connectivity index (χ1n) is 7.36. The number of Topliss-reactive ketones (excluding diaryl/α,β-unsaturated/α-hetero) is 1. The van der Waals surface area contributed by atoms with E-state index >= 15 is 0 Å². The average molecular weight is 330 g/mol. The van der Waals surface area contributed by atoms with Gasteiger partial charge in [-0.3, -0.25) is 14.2 Å². The zero-order valence-corrected chi connectivity index (χ0v) is 14.0. The van der Waals surface area contributed by atoms with E-state index in [-0.39, 0.29) is 19.0 Å². The van der Waals surface area contributed by atoms with E-state index in [1.165, 1.54) is 0 Å². The van der Waals surface area contributed by atoms with E-state index in [1.54, 1.807) is 26.0 Å². The molecular weight excluding hydrogens is 307 g/mol. The standard InChI is InChI=1S/C15H23O6P/c1-4-7-12-10-13(8-9-14(12)16)21-15(17)11-22(18,19-5-2)20-6-3/h4,10,13H,1,5-9,11H2,2-3H3. The lowest BCUT2D eigenvalue weighted by molar-refractivity contribution is -0.145. The summed E-state index contributed by atoms with van der Waals surface area (Å²) in [6.07, 6.45) is 3.55. The minimum absolute atomic E-state index is 0.0431. The van der Waals surface area contributed by atoms with E-state index in [4.69, 9.17) is 13.8 Å². The van der Waals surface area contributed by atoms with Crippen molar-refractivity contribution in [1.29, 1.82) is 0 Å². The Bertz CT molecular complexity index is 486. The number of carbonyl (C=O) groups is 2. The fourth-order valence-corrected chi connectivity index (χ4v) is 3.59. The largest absolute Gasteiger partial charge is 0.458 e. The maximum absolute atomic E-state index is 12.3. The highest BCUT2D eigenvalue weighted by Gasteiger charge is 2.30. The van der Waals surface area contributed by atoms with Crippen molar-refractivity contribution < 1.29 is 27.9 Å².